The van der Waals surface area contributed by atoms with E-state index in [-0.39, 0.29) is 5.91 Å². The van der Waals surface area contributed by atoms with E-state index in [4.69, 9.17) is 0 Å². The van der Waals surface area contributed by atoms with Gasteiger partial charge in [-0.2, -0.15) is 5.10 Å². The SMILES string of the molecule is CN1CCCCC1CCC(=O)NCCc1ncnn1C. The van der Waals surface area contributed by atoms with Gasteiger partial charge in [0.15, 0.2) is 0 Å². The predicted molar refractivity (Wildman–Crippen MR) is 77.2 cm³/mol. The van der Waals surface area contributed by atoms with Crippen LogP contribution >= 0.6 is 0 Å². The highest BCUT2D eigenvalue weighted by molar-refractivity contribution is 5.75. The molecular weight excluding hydrogens is 254 g/mol. The smallest absolute Gasteiger partial charge is 0.220 e. The van der Waals surface area contributed by atoms with Crippen LogP contribution in [-0.4, -0.2) is 51.8 Å². The van der Waals surface area contributed by atoms with Crippen LogP contribution in [0.1, 0.15) is 37.9 Å². The lowest BCUT2D eigenvalue weighted by atomic mass is 9.98. The van der Waals surface area contributed by atoms with E-state index in [2.05, 4.69) is 27.3 Å². The van der Waals surface area contributed by atoms with Gasteiger partial charge in [0.05, 0.1) is 0 Å². The third-order valence-corrected chi connectivity index (χ3v) is 4.10. The molecule has 0 aromatic carbocycles. The lowest BCUT2D eigenvalue weighted by Gasteiger charge is -2.32. The number of nitrogens with zero attached hydrogens (tertiary/aromatic N) is 4. The summed E-state index contributed by atoms with van der Waals surface area (Å²) in [6.45, 7) is 1.80. The van der Waals surface area contributed by atoms with Crippen LogP contribution in [0, 0.1) is 0 Å². The first-order valence-corrected chi connectivity index (χ1v) is 7.46. The molecule has 6 nitrogen and oxygen atoms in total. The fourth-order valence-electron chi connectivity index (χ4n) is 2.76. The first-order chi connectivity index (χ1) is 9.66. The van der Waals surface area contributed by atoms with Crippen LogP contribution in [0.3, 0.4) is 0 Å². The normalized spacial score (nSPS) is 20.0. The molecule has 20 heavy (non-hydrogen) atoms. The quantitative estimate of drug-likeness (QED) is 0.834. The summed E-state index contributed by atoms with van der Waals surface area (Å²) in [4.78, 5) is 18.4. The number of hydrogen-bond acceptors (Lipinski definition) is 4. The number of aryl methyl sites for hydroxylation is 1. The van der Waals surface area contributed by atoms with Crippen molar-refractivity contribution in [1.82, 2.24) is 25.0 Å². The maximum atomic E-state index is 11.8. The van der Waals surface area contributed by atoms with Gasteiger partial charge in [-0.25, -0.2) is 4.98 Å². The molecule has 112 valence electrons. The van der Waals surface area contributed by atoms with Crippen molar-refractivity contribution in [2.75, 3.05) is 20.1 Å². The van der Waals surface area contributed by atoms with Crippen molar-refractivity contribution in [1.29, 1.82) is 0 Å². The van der Waals surface area contributed by atoms with Gasteiger partial charge in [0.1, 0.15) is 12.2 Å². The van der Waals surface area contributed by atoms with Crippen molar-refractivity contribution < 1.29 is 4.79 Å². The zero-order valence-electron chi connectivity index (χ0n) is 12.5. The molecule has 2 rings (SSSR count). The minimum Gasteiger partial charge on any atom is -0.356 e. The zero-order chi connectivity index (χ0) is 14.4. The van der Waals surface area contributed by atoms with E-state index in [1.807, 2.05) is 7.05 Å². The molecule has 1 fully saturated rings. The summed E-state index contributed by atoms with van der Waals surface area (Å²) in [7, 11) is 4.03. The Balaban J connectivity index is 1.62. The highest BCUT2D eigenvalue weighted by Gasteiger charge is 2.19. The molecule has 0 saturated carbocycles. The van der Waals surface area contributed by atoms with Gasteiger partial charge in [-0.05, 0) is 32.9 Å². The van der Waals surface area contributed by atoms with Crippen molar-refractivity contribution in [3.63, 3.8) is 0 Å². The molecule has 1 aliphatic rings. The van der Waals surface area contributed by atoms with Gasteiger partial charge in [-0.1, -0.05) is 6.42 Å². The van der Waals surface area contributed by atoms with Crippen LogP contribution in [0.25, 0.3) is 0 Å². The second-order valence-electron chi connectivity index (χ2n) is 5.57. The van der Waals surface area contributed by atoms with E-state index in [1.165, 1.54) is 32.1 Å². The third kappa shape index (κ3) is 4.30. The molecule has 0 spiro atoms. The lowest BCUT2D eigenvalue weighted by Crippen LogP contribution is -2.37. The van der Waals surface area contributed by atoms with Crippen molar-refractivity contribution in [2.45, 2.75) is 44.6 Å². The van der Waals surface area contributed by atoms with E-state index in [0.717, 1.165) is 18.7 Å². The number of carbonyl (C=O) groups excluding carboxylic acids is 1. The van der Waals surface area contributed by atoms with E-state index in [1.54, 1.807) is 4.68 Å². The molecule has 0 radical (unpaired) electrons. The van der Waals surface area contributed by atoms with Gasteiger partial charge < -0.3 is 10.2 Å². The highest BCUT2D eigenvalue weighted by Crippen LogP contribution is 2.18. The molecule has 1 aromatic heterocycles. The average molecular weight is 279 g/mol. The van der Waals surface area contributed by atoms with Gasteiger partial charge in [-0.15, -0.1) is 0 Å². The minimum atomic E-state index is 0.145. The molecule has 1 aliphatic heterocycles. The Labute approximate surface area is 120 Å². The maximum absolute atomic E-state index is 11.8. The molecule has 0 aliphatic carbocycles. The standard InChI is InChI=1S/C14H25N5O/c1-18-10-4-3-5-12(18)6-7-14(20)15-9-8-13-16-11-17-19(13)2/h11-12H,3-10H2,1-2H3,(H,15,20). The number of likely N-dealkylation sites (tertiary alicyclic amines) is 1. The third-order valence-electron chi connectivity index (χ3n) is 4.10. The molecule has 1 unspecified atom stereocenters. The zero-order valence-corrected chi connectivity index (χ0v) is 12.5. The van der Waals surface area contributed by atoms with Crippen LogP contribution in [0.5, 0.6) is 0 Å². The fraction of sp³-hybridized carbons (Fsp3) is 0.786. The molecule has 1 aromatic rings. The van der Waals surface area contributed by atoms with Gasteiger partial charge in [0.2, 0.25) is 5.91 Å². The van der Waals surface area contributed by atoms with Crippen molar-refractivity contribution in [3.05, 3.63) is 12.2 Å². The Morgan fingerprint density at radius 1 is 1.45 bits per heavy atom. The highest BCUT2D eigenvalue weighted by atomic mass is 16.1. The van der Waals surface area contributed by atoms with Gasteiger partial charge in [0, 0.05) is 32.5 Å². The summed E-state index contributed by atoms with van der Waals surface area (Å²) in [6.07, 6.45) is 7.66. The number of piperidine rings is 1. The maximum Gasteiger partial charge on any atom is 0.220 e. The molecule has 2 heterocycles. The summed E-state index contributed by atoms with van der Waals surface area (Å²) in [5.41, 5.74) is 0. The number of amides is 1. The van der Waals surface area contributed by atoms with E-state index < -0.39 is 0 Å². The monoisotopic (exact) mass is 279 g/mol. The summed E-state index contributed by atoms with van der Waals surface area (Å²) in [5, 5.41) is 6.97. The van der Waals surface area contributed by atoms with Crippen molar-refractivity contribution >= 4 is 5.91 Å². The largest absolute Gasteiger partial charge is 0.356 e. The molecule has 1 N–H and O–H groups in total. The summed E-state index contributed by atoms with van der Waals surface area (Å²) in [5.74, 6) is 1.04. The number of nitrogens with one attached hydrogen (secondary N) is 1. The molecule has 0 bridgehead atoms. The van der Waals surface area contributed by atoms with E-state index >= 15 is 0 Å². The number of rotatable bonds is 6. The summed E-state index contributed by atoms with van der Waals surface area (Å²) in [6, 6.07) is 0.577. The van der Waals surface area contributed by atoms with Crippen LogP contribution in [0.4, 0.5) is 0 Å². The lowest BCUT2D eigenvalue weighted by molar-refractivity contribution is -0.121. The van der Waals surface area contributed by atoms with Crippen LogP contribution in [-0.2, 0) is 18.3 Å². The first kappa shape index (κ1) is 15.0. The van der Waals surface area contributed by atoms with Crippen LogP contribution in [0.2, 0.25) is 0 Å². The summed E-state index contributed by atoms with van der Waals surface area (Å²) < 4.78 is 1.74. The number of aromatic nitrogens is 3. The second kappa shape index (κ2) is 7.38. The molecule has 1 amide bonds. The molecule has 6 heteroatoms. The molecular formula is C14H25N5O. The topological polar surface area (TPSA) is 63.1 Å². The summed E-state index contributed by atoms with van der Waals surface area (Å²) >= 11 is 0. The van der Waals surface area contributed by atoms with Crippen molar-refractivity contribution in [2.24, 2.45) is 7.05 Å². The molecule has 1 saturated heterocycles. The Bertz CT molecular complexity index is 431. The Morgan fingerprint density at radius 2 is 2.30 bits per heavy atom. The van der Waals surface area contributed by atoms with Crippen molar-refractivity contribution in [3.8, 4) is 0 Å². The van der Waals surface area contributed by atoms with E-state index in [9.17, 15) is 4.79 Å². The van der Waals surface area contributed by atoms with E-state index in [0.29, 0.717) is 19.0 Å². The molecule has 1 atom stereocenters. The van der Waals surface area contributed by atoms with Gasteiger partial charge in [0.25, 0.3) is 0 Å². The number of carbonyl (C=O) groups is 1. The Hall–Kier alpha value is -1.43. The average Bonchev–Trinajstić information content (AvgIpc) is 2.84. The van der Waals surface area contributed by atoms with Gasteiger partial charge >= 0.3 is 0 Å². The second-order valence-corrected chi connectivity index (χ2v) is 5.57. The van der Waals surface area contributed by atoms with Crippen LogP contribution < -0.4 is 5.32 Å². The Kier molecular flexibility index (Phi) is 5.52. The Morgan fingerprint density at radius 3 is 3.00 bits per heavy atom. The fourth-order valence-corrected chi connectivity index (χ4v) is 2.76. The van der Waals surface area contributed by atoms with Crippen LogP contribution in [0.15, 0.2) is 6.33 Å². The first-order valence-electron chi connectivity index (χ1n) is 7.46. The predicted octanol–water partition coefficient (Wildman–Crippen LogP) is 0.738. The van der Waals surface area contributed by atoms with Gasteiger partial charge in [-0.3, -0.25) is 9.48 Å². The minimum absolute atomic E-state index is 0.145. The number of hydrogen-bond donors (Lipinski definition) is 1.